The number of carboxylic acid groups (broad SMARTS) is 1. The zero-order chi connectivity index (χ0) is 12.7. The Kier molecular flexibility index (Phi) is 5.20. The molecule has 0 saturated carbocycles. The number of carboxylic acids is 1. The SMILES string of the molecule is CCCCCNC(=O)c1ccccc1C(=O)O. The van der Waals surface area contributed by atoms with Crippen LogP contribution in [0.5, 0.6) is 0 Å². The lowest BCUT2D eigenvalue weighted by atomic mass is 10.1. The number of amides is 1. The summed E-state index contributed by atoms with van der Waals surface area (Å²) in [6.45, 7) is 2.67. The van der Waals surface area contributed by atoms with Gasteiger partial charge < -0.3 is 10.4 Å². The molecular weight excluding hydrogens is 218 g/mol. The van der Waals surface area contributed by atoms with Crippen molar-refractivity contribution in [2.45, 2.75) is 26.2 Å². The predicted octanol–water partition coefficient (Wildman–Crippen LogP) is 2.30. The summed E-state index contributed by atoms with van der Waals surface area (Å²) in [5.41, 5.74) is 0.261. The average molecular weight is 235 g/mol. The van der Waals surface area contributed by atoms with E-state index in [9.17, 15) is 9.59 Å². The molecule has 4 nitrogen and oxygen atoms in total. The van der Waals surface area contributed by atoms with Crippen LogP contribution in [0.3, 0.4) is 0 Å². The van der Waals surface area contributed by atoms with Gasteiger partial charge in [0.1, 0.15) is 0 Å². The maximum Gasteiger partial charge on any atom is 0.336 e. The summed E-state index contributed by atoms with van der Waals surface area (Å²) in [5.74, 6) is -1.40. The van der Waals surface area contributed by atoms with Crippen molar-refractivity contribution >= 4 is 11.9 Å². The van der Waals surface area contributed by atoms with Crippen LogP contribution < -0.4 is 5.32 Å². The molecule has 0 aliphatic carbocycles. The third kappa shape index (κ3) is 3.90. The van der Waals surface area contributed by atoms with Crippen LogP contribution in [0, 0.1) is 0 Å². The third-order valence-corrected chi connectivity index (χ3v) is 2.47. The first-order chi connectivity index (χ1) is 8.16. The summed E-state index contributed by atoms with van der Waals surface area (Å²) in [4.78, 5) is 22.7. The molecule has 0 fully saturated rings. The molecule has 4 heteroatoms. The van der Waals surface area contributed by atoms with Gasteiger partial charge in [0.25, 0.3) is 5.91 Å². The fraction of sp³-hybridized carbons (Fsp3) is 0.385. The van der Waals surface area contributed by atoms with Crippen LogP contribution in [-0.2, 0) is 0 Å². The molecule has 0 radical (unpaired) electrons. The van der Waals surface area contributed by atoms with Gasteiger partial charge >= 0.3 is 5.97 Å². The van der Waals surface area contributed by atoms with Gasteiger partial charge in [0.05, 0.1) is 11.1 Å². The average Bonchev–Trinajstić information content (AvgIpc) is 2.34. The number of carbonyl (C=O) groups excluding carboxylic acids is 1. The van der Waals surface area contributed by atoms with E-state index < -0.39 is 5.97 Å². The molecule has 0 saturated heterocycles. The lowest BCUT2D eigenvalue weighted by molar-refractivity contribution is 0.0691. The van der Waals surface area contributed by atoms with Crippen LogP contribution in [0.15, 0.2) is 24.3 Å². The van der Waals surface area contributed by atoms with Crippen LogP contribution in [0.1, 0.15) is 46.9 Å². The number of benzene rings is 1. The van der Waals surface area contributed by atoms with Gasteiger partial charge in [-0.05, 0) is 18.6 Å². The second-order valence-corrected chi connectivity index (χ2v) is 3.81. The smallest absolute Gasteiger partial charge is 0.336 e. The monoisotopic (exact) mass is 235 g/mol. The molecule has 0 spiro atoms. The molecule has 1 rings (SSSR count). The van der Waals surface area contributed by atoms with Crippen molar-refractivity contribution < 1.29 is 14.7 Å². The van der Waals surface area contributed by atoms with Gasteiger partial charge in [-0.3, -0.25) is 4.79 Å². The fourth-order valence-corrected chi connectivity index (χ4v) is 1.54. The number of carbonyl (C=O) groups is 2. The molecule has 1 amide bonds. The topological polar surface area (TPSA) is 66.4 Å². The Labute approximate surface area is 101 Å². The van der Waals surface area contributed by atoms with Gasteiger partial charge in [-0.15, -0.1) is 0 Å². The lowest BCUT2D eigenvalue weighted by Gasteiger charge is -2.07. The Morgan fingerprint density at radius 1 is 1.18 bits per heavy atom. The molecule has 17 heavy (non-hydrogen) atoms. The highest BCUT2D eigenvalue weighted by Gasteiger charge is 2.14. The second kappa shape index (κ2) is 6.68. The van der Waals surface area contributed by atoms with Crippen LogP contribution in [0.2, 0.25) is 0 Å². The van der Waals surface area contributed by atoms with E-state index in [0.717, 1.165) is 19.3 Å². The van der Waals surface area contributed by atoms with E-state index in [1.165, 1.54) is 12.1 Å². The predicted molar refractivity (Wildman–Crippen MR) is 65.3 cm³/mol. The molecule has 0 aromatic heterocycles. The zero-order valence-corrected chi connectivity index (χ0v) is 9.90. The molecule has 0 aliphatic heterocycles. The highest BCUT2D eigenvalue weighted by atomic mass is 16.4. The summed E-state index contributed by atoms with van der Waals surface area (Å²) < 4.78 is 0. The normalized spacial score (nSPS) is 9.94. The molecule has 1 aromatic rings. The largest absolute Gasteiger partial charge is 0.478 e. The molecule has 1 aromatic carbocycles. The van der Waals surface area contributed by atoms with E-state index in [-0.39, 0.29) is 17.0 Å². The van der Waals surface area contributed by atoms with Crippen LogP contribution in [0.25, 0.3) is 0 Å². The van der Waals surface area contributed by atoms with Crippen molar-refractivity contribution in [2.75, 3.05) is 6.54 Å². The van der Waals surface area contributed by atoms with Crippen molar-refractivity contribution in [1.29, 1.82) is 0 Å². The minimum atomic E-state index is -1.08. The fourth-order valence-electron chi connectivity index (χ4n) is 1.54. The van der Waals surface area contributed by atoms with Crippen molar-refractivity contribution in [2.24, 2.45) is 0 Å². The molecule has 0 bridgehead atoms. The molecule has 0 aliphatic rings. The van der Waals surface area contributed by atoms with Crippen LogP contribution in [-0.4, -0.2) is 23.5 Å². The highest BCUT2D eigenvalue weighted by molar-refractivity contribution is 6.04. The zero-order valence-electron chi connectivity index (χ0n) is 9.90. The summed E-state index contributed by atoms with van der Waals surface area (Å²) in [7, 11) is 0. The number of unbranched alkanes of at least 4 members (excludes halogenated alkanes) is 2. The van der Waals surface area contributed by atoms with E-state index in [4.69, 9.17) is 5.11 Å². The van der Waals surface area contributed by atoms with Crippen LogP contribution >= 0.6 is 0 Å². The summed E-state index contributed by atoms with van der Waals surface area (Å²) in [6.07, 6.45) is 3.06. The van der Waals surface area contributed by atoms with Crippen molar-refractivity contribution in [1.82, 2.24) is 5.32 Å². The first-order valence-corrected chi connectivity index (χ1v) is 5.77. The number of hydrogen-bond acceptors (Lipinski definition) is 2. The van der Waals surface area contributed by atoms with Gasteiger partial charge in [-0.2, -0.15) is 0 Å². The molecule has 0 heterocycles. The van der Waals surface area contributed by atoms with Crippen molar-refractivity contribution in [3.8, 4) is 0 Å². The first kappa shape index (κ1) is 13.2. The summed E-state index contributed by atoms with van der Waals surface area (Å²) >= 11 is 0. The van der Waals surface area contributed by atoms with Crippen molar-refractivity contribution in [3.05, 3.63) is 35.4 Å². The molecule has 0 unspecified atom stereocenters. The molecule has 92 valence electrons. The Bertz CT molecular complexity index is 401. The first-order valence-electron chi connectivity index (χ1n) is 5.77. The van der Waals surface area contributed by atoms with Gasteiger partial charge in [0.15, 0.2) is 0 Å². The van der Waals surface area contributed by atoms with Crippen molar-refractivity contribution in [3.63, 3.8) is 0 Å². The van der Waals surface area contributed by atoms with Gasteiger partial charge in [0, 0.05) is 6.54 Å². The minimum Gasteiger partial charge on any atom is -0.478 e. The Hall–Kier alpha value is -1.84. The highest BCUT2D eigenvalue weighted by Crippen LogP contribution is 2.08. The molecule has 0 atom stereocenters. The number of hydrogen-bond donors (Lipinski definition) is 2. The molecular formula is C13H17NO3. The Balaban J connectivity index is 2.65. The third-order valence-electron chi connectivity index (χ3n) is 2.47. The number of aromatic carboxylic acids is 1. The van der Waals surface area contributed by atoms with E-state index in [0.29, 0.717) is 6.54 Å². The van der Waals surface area contributed by atoms with E-state index >= 15 is 0 Å². The Morgan fingerprint density at radius 2 is 1.82 bits per heavy atom. The van der Waals surface area contributed by atoms with Gasteiger partial charge in [-0.1, -0.05) is 31.9 Å². The number of nitrogens with one attached hydrogen (secondary N) is 1. The Morgan fingerprint density at radius 3 is 2.41 bits per heavy atom. The number of rotatable bonds is 6. The van der Waals surface area contributed by atoms with E-state index in [1.807, 2.05) is 0 Å². The van der Waals surface area contributed by atoms with E-state index in [2.05, 4.69) is 12.2 Å². The van der Waals surface area contributed by atoms with Gasteiger partial charge in [-0.25, -0.2) is 4.79 Å². The minimum absolute atomic E-state index is 0.0421. The maximum atomic E-state index is 11.8. The quantitative estimate of drug-likeness (QED) is 0.743. The maximum absolute atomic E-state index is 11.8. The summed E-state index contributed by atoms with van der Waals surface area (Å²) in [6, 6.07) is 6.23. The van der Waals surface area contributed by atoms with E-state index in [1.54, 1.807) is 12.1 Å². The molecule has 2 N–H and O–H groups in total. The van der Waals surface area contributed by atoms with Crippen LogP contribution in [0.4, 0.5) is 0 Å². The van der Waals surface area contributed by atoms with Gasteiger partial charge in [0.2, 0.25) is 0 Å². The lowest BCUT2D eigenvalue weighted by Crippen LogP contribution is -2.26. The second-order valence-electron chi connectivity index (χ2n) is 3.81. The standard InChI is InChI=1S/C13H17NO3/c1-2-3-6-9-14-12(15)10-7-4-5-8-11(10)13(16)17/h4-5,7-8H,2-3,6,9H2,1H3,(H,14,15)(H,16,17). The summed E-state index contributed by atoms with van der Waals surface area (Å²) in [5, 5.41) is 11.7.